The Morgan fingerprint density at radius 2 is 2.04 bits per heavy atom. The van der Waals surface area contributed by atoms with Crippen molar-refractivity contribution in [3.8, 4) is 11.5 Å². The molecule has 6 heteroatoms. The minimum Gasteiger partial charge on any atom is -0.496 e. The highest BCUT2D eigenvalue weighted by atomic mass is 16.5. The Hall–Kier alpha value is -3.02. The summed E-state index contributed by atoms with van der Waals surface area (Å²) in [6, 6.07) is 13.1. The zero-order chi connectivity index (χ0) is 20.3. The number of anilines is 1. The first-order valence-corrected chi connectivity index (χ1v) is 9.40. The zero-order valence-corrected chi connectivity index (χ0v) is 16.7. The first-order chi connectivity index (χ1) is 13.4. The van der Waals surface area contributed by atoms with Crippen LogP contribution >= 0.6 is 0 Å². The number of hydrogen-bond acceptors (Lipinski definition) is 4. The molecule has 0 fully saturated rings. The molecule has 1 unspecified atom stereocenters. The molecule has 2 amide bonds. The van der Waals surface area contributed by atoms with Crippen molar-refractivity contribution < 1.29 is 19.1 Å². The lowest BCUT2D eigenvalue weighted by atomic mass is 10.1. The first-order valence-electron chi connectivity index (χ1n) is 9.40. The van der Waals surface area contributed by atoms with Crippen LogP contribution in [-0.4, -0.2) is 29.9 Å². The molecule has 0 spiro atoms. The number of hydrogen-bond donors (Lipinski definition) is 1. The summed E-state index contributed by atoms with van der Waals surface area (Å²) < 4.78 is 11.3. The maximum Gasteiger partial charge on any atom is 0.263 e. The highest BCUT2D eigenvalue weighted by molar-refractivity contribution is 5.92. The second kappa shape index (κ2) is 8.33. The van der Waals surface area contributed by atoms with Crippen molar-refractivity contribution in [1.29, 1.82) is 0 Å². The molecule has 0 aliphatic carbocycles. The predicted molar refractivity (Wildman–Crippen MR) is 107 cm³/mol. The number of fused-ring (bicyclic) bond motifs is 1. The number of rotatable bonds is 5. The number of benzene rings is 2. The molecule has 0 saturated heterocycles. The van der Waals surface area contributed by atoms with E-state index >= 15 is 0 Å². The molecule has 2 aromatic rings. The van der Waals surface area contributed by atoms with Crippen molar-refractivity contribution in [3.63, 3.8) is 0 Å². The van der Waals surface area contributed by atoms with Gasteiger partial charge in [-0.05, 0) is 31.2 Å². The van der Waals surface area contributed by atoms with E-state index in [1.54, 1.807) is 25.0 Å². The van der Waals surface area contributed by atoms with Crippen molar-refractivity contribution in [3.05, 3.63) is 53.6 Å². The van der Waals surface area contributed by atoms with E-state index in [0.717, 1.165) is 16.9 Å². The Labute approximate surface area is 165 Å². The Bertz CT molecular complexity index is 879. The maximum atomic E-state index is 12.9. The summed E-state index contributed by atoms with van der Waals surface area (Å²) in [4.78, 5) is 26.6. The van der Waals surface area contributed by atoms with Crippen LogP contribution in [0.15, 0.2) is 42.5 Å². The molecule has 0 saturated carbocycles. The van der Waals surface area contributed by atoms with E-state index < -0.39 is 6.10 Å². The van der Waals surface area contributed by atoms with Crippen LogP contribution in [0, 0.1) is 5.92 Å². The third kappa shape index (κ3) is 4.27. The fourth-order valence-corrected chi connectivity index (χ4v) is 3.14. The topological polar surface area (TPSA) is 67.9 Å². The van der Waals surface area contributed by atoms with Crippen LogP contribution in [0.1, 0.15) is 31.9 Å². The third-order valence-corrected chi connectivity index (χ3v) is 4.73. The SMILES string of the molecule is COc1ccccc1CN1Cc2cc(NC(=O)C(C)C)ccc2OC(C)C1=O. The average molecular weight is 382 g/mol. The Kier molecular flexibility index (Phi) is 5.87. The highest BCUT2D eigenvalue weighted by Crippen LogP contribution is 2.30. The number of para-hydroxylation sites is 1. The molecule has 148 valence electrons. The molecule has 0 aromatic heterocycles. The van der Waals surface area contributed by atoms with Gasteiger partial charge in [-0.15, -0.1) is 0 Å². The van der Waals surface area contributed by atoms with Gasteiger partial charge in [0.05, 0.1) is 7.11 Å². The van der Waals surface area contributed by atoms with Gasteiger partial charge < -0.3 is 19.7 Å². The fourth-order valence-electron chi connectivity index (χ4n) is 3.14. The lowest BCUT2D eigenvalue weighted by Gasteiger charge is -2.23. The van der Waals surface area contributed by atoms with Crippen molar-refractivity contribution in [1.82, 2.24) is 4.90 Å². The minimum atomic E-state index is -0.591. The normalized spacial score (nSPS) is 16.2. The van der Waals surface area contributed by atoms with Gasteiger partial charge in [0.1, 0.15) is 11.5 Å². The second-order valence-electron chi connectivity index (χ2n) is 7.23. The van der Waals surface area contributed by atoms with Crippen molar-refractivity contribution in [2.24, 2.45) is 5.92 Å². The first kappa shape index (κ1) is 19.7. The van der Waals surface area contributed by atoms with Gasteiger partial charge in [-0.1, -0.05) is 32.0 Å². The van der Waals surface area contributed by atoms with Crippen molar-refractivity contribution >= 4 is 17.5 Å². The molecule has 1 aliphatic rings. The fraction of sp³-hybridized carbons (Fsp3) is 0.364. The van der Waals surface area contributed by atoms with Crippen LogP contribution in [0.4, 0.5) is 5.69 Å². The summed E-state index contributed by atoms with van der Waals surface area (Å²) in [5, 5.41) is 2.90. The number of carbonyl (C=O) groups is 2. The summed E-state index contributed by atoms with van der Waals surface area (Å²) in [5.41, 5.74) is 2.48. The van der Waals surface area contributed by atoms with E-state index in [0.29, 0.717) is 24.5 Å². The predicted octanol–water partition coefficient (Wildman–Crippen LogP) is 3.60. The number of nitrogens with zero attached hydrogens (tertiary/aromatic N) is 1. The lowest BCUT2D eigenvalue weighted by molar-refractivity contribution is -0.138. The monoisotopic (exact) mass is 382 g/mol. The maximum absolute atomic E-state index is 12.9. The molecule has 3 rings (SSSR count). The number of carbonyl (C=O) groups excluding carboxylic acids is 2. The third-order valence-electron chi connectivity index (χ3n) is 4.73. The molecule has 6 nitrogen and oxygen atoms in total. The summed E-state index contributed by atoms with van der Waals surface area (Å²) >= 11 is 0. The smallest absolute Gasteiger partial charge is 0.263 e. The molecule has 1 heterocycles. The van der Waals surface area contributed by atoms with E-state index in [9.17, 15) is 9.59 Å². The highest BCUT2D eigenvalue weighted by Gasteiger charge is 2.28. The average Bonchev–Trinajstić information content (AvgIpc) is 2.79. The largest absolute Gasteiger partial charge is 0.496 e. The molecule has 2 aromatic carbocycles. The van der Waals surface area contributed by atoms with Gasteiger partial charge in [0.15, 0.2) is 6.10 Å². The molecule has 28 heavy (non-hydrogen) atoms. The van der Waals surface area contributed by atoms with Gasteiger partial charge in [-0.3, -0.25) is 9.59 Å². The van der Waals surface area contributed by atoms with E-state index in [4.69, 9.17) is 9.47 Å². The van der Waals surface area contributed by atoms with Gasteiger partial charge in [-0.25, -0.2) is 0 Å². The van der Waals surface area contributed by atoms with Crippen LogP contribution in [0.2, 0.25) is 0 Å². The van der Waals surface area contributed by atoms with Crippen molar-refractivity contribution in [2.45, 2.75) is 40.0 Å². The summed E-state index contributed by atoms with van der Waals surface area (Å²) in [6.07, 6.45) is -0.591. The minimum absolute atomic E-state index is 0.0511. The number of methoxy groups -OCH3 is 1. The van der Waals surface area contributed by atoms with E-state index in [1.165, 1.54) is 0 Å². The van der Waals surface area contributed by atoms with Gasteiger partial charge in [-0.2, -0.15) is 0 Å². The Morgan fingerprint density at radius 1 is 1.29 bits per heavy atom. The van der Waals surface area contributed by atoms with E-state index in [2.05, 4.69) is 5.32 Å². The van der Waals surface area contributed by atoms with Gasteiger partial charge >= 0.3 is 0 Å². The van der Waals surface area contributed by atoms with Gasteiger partial charge in [0.25, 0.3) is 5.91 Å². The standard InChI is InChI=1S/C22H26N2O4/c1-14(2)21(25)23-18-9-10-20-17(11-18)13-24(22(26)15(3)28-20)12-16-7-5-6-8-19(16)27-4/h5-11,14-15H,12-13H2,1-4H3,(H,23,25). The number of ether oxygens (including phenoxy) is 2. The van der Waals surface area contributed by atoms with Crippen molar-refractivity contribution in [2.75, 3.05) is 12.4 Å². The summed E-state index contributed by atoms with van der Waals surface area (Å²) in [7, 11) is 1.62. The number of amides is 2. The van der Waals surface area contributed by atoms with Crippen LogP contribution in [-0.2, 0) is 22.7 Å². The van der Waals surface area contributed by atoms with Crippen LogP contribution < -0.4 is 14.8 Å². The second-order valence-corrected chi connectivity index (χ2v) is 7.23. The van der Waals surface area contributed by atoms with E-state index in [1.807, 2.05) is 50.2 Å². The zero-order valence-electron chi connectivity index (χ0n) is 16.7. The molecule has 1 N–H and O–H groups in total. The molecular formula is C22H26N2O4. The van der Waals surface area contributed by atoms with Gasteiger partial charge in [0, 0.05) is 35.8 Å². The molecule has 1 aliphatic heterocycles. The van der Waals surface area contributed by atoms with E-state index in [-0.39, 0.29) is 17.7 Å². The molecule has 1 atom stereocenters. The summed E-state index contributed by atoms with van der Waals surface area (Å²) in [5.74, 6) is 1.15. The Morgan fingerprint density at radius 3 is 2.75 bits per heavy atom. The molecular weight excluding hydrogens is 356 g/mol. The van der Waals surface area contributed by atoms with Crippen LogP contribution in [0.5, 0.6) is 11.5 Å². The Balaban J connectivity index is 1.88. The quantitative estimate of drug-likeness (QED) is 0.858. The molecule has 0 radical (unpaired) electrons. The van der Waals surface area contributed by atoms with Gasteiger partial charge in [0.2, 0.25) is 5.91 Å². The number of nitrogens with one attached hydrogen (secondary N) is 1. The van der Waals surface area contributed by atoms with Crippen LogP contribution in [0.25, 0.3) is 0 Å². The summed E-state index contributed by atoms with van der Waals surface area (Å²) in [6.45, 7) is 6.25. The van der Waals surface area contributed by atoms with Crippen LogP contribution in [0.3, 0.4) is 0 Å². The molecule has 0 bridgehead atoms. The lowest BCUT2D eigenvalue weighted by Crippen LogP contribution is -2.37.